The second-order valence-corrected chi connectivity index (χ2v) is 4.29. The van der Waals surface area contributed by atoms with E-state index in [9.17, 15) is 0 Å². The van der Waals surface area contributed by atoms with Crippen LogP contribution in [0.5, 0.6) is 0 Å². The standard InChI is InChI=1S/C5H6BrIN2/c6-4-2-1-3-9-5(4,7)8/h1-3,9H,8H2. The van der Waals surface area contributed by atoms with Gasteiger partial charge in [0.2, 0.25) is 0 Å². The molecule has 1 aliphatic rings. The number of halogens is 2. The summed E-state index contributed by atoms with van der Waals surface area (Å²) in [4.78, 5) is 0. The first kappa shape index (κ1) is 7.56. The first-order valence-electron chi connectivity index (χ1n) is 2.41. The molecule has 0 saturated heterocycles. The highest BCUT2D eigenvalue weighted by Crippen LogP contribution is 2.26. The molecule has 9 heavy (non-hydrogen) atoms. The molecule has 0 spiro atoms. The molecule has 0 aromatic carbocycles. The molecule has 0 radical (unpaired) electrons. The molecule has 0 aliphatic carbocycles. The summed E-state index contributed by atoms with van der Waals surface area (Å²) in [7, 11) is 0. The number of nitrogens with two attached hydrogens (primary N) is 1. The third kappa shape index (κ3) is 1.68. The third-order valence-corrected chi connectivity index (χ3v) is 3.50. The minimum atomic E-state index is -0.452. The van der Waals surface area contributed by atoms with Gasteiger partial charge in [-0.2, -0.15) is 0 Å². The van der Waals surface area contributed by atoms with E-state index in [-0.39, 0.29) is 0 Å². The molecule has 2 nitrogen and oxygen atoms in total. The van der Waals surface area contributed by atoms with Gasteiger partial charge in [0.1, 0.15) is 0 Å². The van der Waals surface area contributed by atoms with Crippen LogP contribution >= 0.6 is 38.5 Å². The van der Waals surface area contributed by atoms with Crippen LogP contribution in [0.2, 0.25) is 0 Å². The molecule has 0 fully saturated rings. The van der Waals surface area contributed by atoms with Crippen molar-refractivity contribution in [2.45, 2.75) is 3.67 Å². The molecule has 0 saturated carbocycles. The highest BCUT2D eigenvalue weighted by atomic mass is 127. The van der Waals surface area contributed by atoms with Crippen molar-refractivity contribution in [2.75, 3.05) is 0 Å². The van der Waals surface area contributed by atoms with Crippen LogP contribution in [-0.2, 0) is 0 Å². The van der Waals surface area contributed by atoms with E-state index in [2.05, 4.69) is 43.8 Å². The van der Waals surface area contributed by atoms with E-state index in [0.717, 1.165) is 4.48 Å². The smallest absolute Gasteiger partial charge is 0.171 e. The van der Waals surface area contributed by atoms with E-state index in [1.165, 1.54) is 0 Å². The normalized spacial score (nSPS) is 33.4. The Labute approximate surface area is 75.8 Å². The van der Waals surface area contributed by atoms with E-state index in [4.69, 9.17) is 5.73 Å². The molecule has 0 bridgehead atoms. The fourth-order valence-corrected chi connectivity index (χ4v) is 1.12. The lowest BCUT2D eigenvalue weighted by Gasteiger charge is -2.24. The Morgan fingerprint density at radius 1 is 1.78 bits per heavy atom. The van der Waals surface area contributed by atoms with Gasteiger partial charge in [0, 0.05) is 4.48 Å². The van der Waals surface area contributed by atoms with E-state index < -0.39 is 3.67 Å². The maximum atomic E-state index is 5.73. The maximum absolute atomic E-state index is 5.73. The van der Waals surface area contributed by atoms with Gasteiger partial charge in [0.15, 0.2) is 3.67 Å². The SMILES string of the molecule is NC1(I)NC=CC=C1Br. The first-order chi connectivity index (χ1) is 4.13. The number of rotatable bonds is 0. The Balaban J connectivity index is 2.83. The molecule has 1 rings (SSSR count). The summed E-state index contributed by atoms with van der Waals surface area (Å²) in [5.74, 6) is 0. The fraction of sp³-hybridized carbons (Fsp3) is 0.200. The van der Waals surface area contributed by atoms with Gasteiger partial charge in [0.25, 0.3) is 0 Å². The second kappa shape index (κ2) is 2.59. The Kier molecular flexibility index (Phi) is 2.18. The van der Waals surface area contributed by atoms with E-state index in [0.29, 0.717) is 0 Å². The molecule has 1 aliphatic heterocycles. The summed E-state index contributed by atoms with van der Waals surface area (Å²) in [6.07, 6.45) is 5.63. The predicted molar refractivity (Wildman–Crippen MR) is 50.2 cm³/mol. The monoisotopic (exact) mass is 300 g/mol. The summed E-state index contributed by atoms with van der Waals surface area (Å²) in [6, 6.07) is 0. The van der Waals surface area contributed by atoms with Crippen LogP contribution in [0, 0.1) is 0 Å². The molecule has 0 aromatic heterocycles. The van der Waals surface area contributed by atoms with Crippen molar-refractivity contribution < 1.29 is 0 Å². The molecule has 1 atom stereocenters. The van der Waals surface area contributed by atoms with Crippen molar-refractivity contribution in [2.24, 2.45) is 5.73 Å². The quantitative estimate of drug-likeness (QED) is 0.403. The van der Waals surface area contributed by atoms with Crippen molar-refractivity contribution in [3.8, 4) is 0 Å². The van der Waals surface area contributed by atoms with Crippen molar-refractivity contribution in [3.05, 3.63) is 22.8 Å². The van der Waals surface area contributed by atoms with Crippen molar-refractivity contribution in [1.82, 2.24) is 5.32 Å². The molecule has 4 heteroatoms. The van der Waals surface area contributed by atoms with E-state index >= 15 is 0 Å². The zero-order valence-corrected chi connectivity index (χ0v) is 8.31. The molecule has 3 N–H and O–H groups in total. The average molecular weight is 301 g/mol. The zero-order chi connectivity index (χ0) is 6.91. The van der Waals surface area contributed by atoms with Gasteiger partial charge in [-0.05, 0) is 40.9 Å². The van der Waals surface area contributed by atoms with Crippen molar-refractivity contribution in [1.29, 1.82) is 0 Å². The minimum absolute atomic E-state index is 0.452. The summed E-state index contributed by atoms with van der Waals surface area (Å²) in [5.41, 5.74) is 5.73. The Morgan fingerprint density at radius 3 is 2.78 bits per heavy atom. The summed E-state index contributed by atoms with van der Waals surface area (Å²) < 4.78 is 0.505. The van der Waals surface area contributed by atoms with Gasteiger partial charge in [-0.25, -0.2) is 0 Å². The summed E-state index contributed by atoms with van der Waals surface area (Å²) >= 11 is 5.44. The number of hydrogen-bond donors (Lipinski definition) is 2. The summed E-state index contributed by atoms with van der Waals surface area (Å²) in [5, 5.41) is 2.98. The van der Waals surface area contributed by atoms with Gasteiger partial charge in [-0.3, -0.25) is 5.73 Å². The lowest BCUT2D eigenvalue weighted by Crippen LogP contribution is -2.46. The first-order valence-corrected chi connectivity index (χ1v) is 4.28. The third-order valence-electron chi connectivity index (χ3n) is 0.980. The van der Waals surface area contributed by atoms with E-state index in [1.54, 1.807) is 0 Å². The van der Waals surface area contributed by atoms with Crippen LogP contribution in [0.15, 0.2) is 22.8 Å². The van der Waals surface area contributed by atoms with Crippen LogP contribution in [0.25, 0.3) is 0 Å². The van der Waals surface area contributed by atoms with Crippen LogP contribution in [-0.4, -0.2) is 3.67 Å². The van der Waals surface area contributed by atoms with Crippen molar-refractivity contribution >= 4 is 38.5 Å². The minimum Gasteiger partial charge on any atom is -0.361 e. The molecule has 1 heterocycles. The predicted octanol–water partition coefficient (Wildman–Crippen LogP) is 1.43. The summed E-state index contributed by atoms with van der Waals surface area (Å²) in [6.45, 7) is 0. The lowest BCUT2D eigenvalue weighted by atomic mass is 10.3. The highest BCUT2D eigenvalue weighted by Gasteiger charge is 2.23. The molecule has 0 aromatic rings. The topological polar surface area (TPSA) is 38.0 Å². The number of hydrogen-bond acceptors (Lipinski definition) is 2. The van der Waals surface area contributed by atoms with Gasteiger partial charge >= 0.3 is 0 Å². The van der Waals surface area contributed by atoms with Crippen LogP contribution in [0.4, 0.5) is 0 Å². The van der Waals surface area contributed by atoms with Crippen LogP contribution < -0.4 is 11.1 Å². The number of dihydropyridines is 1. The zero-order valence-electron chi connectivity index (χ0n) is 4.57. The molecular formula is C5H6BrIN2. The van der Waals surface area contributed by atoms with Gasteiger partial charge in [-0.1, -0.05) is 15.9 Å². The van der Waals surface area contributed by atoms with Crippen LogP contribution in [0.1, 0.15) is 0 Å². The molecular weight excluding hydrogens is 295 g/mol. The lowest BCUT2D eigenvalue weighted by molar-refractivity contribution is 0.692. The Morgan fingerprint density at radius 2 is 2.44 bits per heavy atom. The average Bonchev–Trinajstić information content (AvgIpc) is 1.77. The van der Waals surface area contributed by atoms with Gasteiger partial charge < -0.3 is 5.32 Å². The Bertz CT molecular complexity index is 174. The molecule has 50 valence electrons. The number of allylic oxidation sites excluding steroid dienone is 2. The molecule has 0 amide bonds. The highest BCUT2D eigenvalue weighted by molar-refractivity contribution is 14.1. The van der Waals surface area contributed by atoms with E-state index in [1.807, 2.05) is 18.4 Å². The van der Waals surface area contributed by atoms with Gasteiger partial charge in [0.05, 0.1) is 0 Å². The van der Waals surface area contributed by atoms with Crippen LogP contribution in [0.3, 0.4) is 0 Å². The largest absolute Gasteiger partial charge is 0.361 e. The fourth-order valence-electron chi connectivity index (χ4n) is 0.492. The van der Waals surface area contributed by atoms with Crippen molar-refractivity contribution in [3.63, 3.8) is 0 Å². The number of nitrogens with one attached hydrogen (secondary N) is 1. The maximum Gasteiger partial charge on any atom is 0.171 e. The Hall–Kier alpha value is 0.450. The van der Waals surface area contributed by atoms with Gasteiger partial charge in [-0.15, -0.1) is 0 Å². The molecule has 1 unspecified atom stereocenters. The number of alkyl halides is 1. The second-order valence-electron chi connectivity index (χ2n) is 1.73.